The first-order chi connectivity index (χ1) is 9.65. The number of rotatable bonds is 6. The van der Waals surface area contributed by atoms with Gasteiger partial charge in [0.15, 0.2) is 0 Å². The highest BCUT2D eigenvalue weighted by Gasteiger charge is 2.11. The summed E-state index contributed by atoms with van der Waals surface area (Å²) in [7, 11) is 0. The van der Waals surface area contributed by atoms with Crippen molar-refractivity contribution in [3.8, 4) is 0 Å². The third-order valence-corrected chi connectivity index (χ3v) is 2.66. The number of carbonyl (C=O) groups excluding carboxylic acids is 1. The molecular weight excluding hydrogens is 260 g/mol. The number of carboxylic acid groups (broad SMARTS) is 1. The zero-order valence-electron chi connectivity index (χ0n) is 10.7. The van der Waals surface area contributed by atoms with Crippen molar-refractivity contribution in [1.29, 1.82) is 0 Å². The number of amides is 1. The van der Waals surface area contributed by atoms with E-state index in [1.54, 1.807) is 0 Å². The molecule has 1 aromatic carbocycles. The van der Waals surface area contributed by atoms with Crippen LogP contribution in [0, 0.1) is 0 Å². The molecule has 0 bridgehead atoms. The predicted octanol–water partition coefficient (Wildman–Crippen LogP) is 0.222. The largest absolute Gasteiger partial charge is 0.481 e. The first-order valence-electron chi connectivity index (χ1n) is 6.05. The number of nitrogens with one attached hydrogen (secondary N) is 1. The number of aromatic nitrogens is 3. The van der Waals surface area contributed by atoms with Gasteiger partial charge >= 0.3 is 5.97 Å². The molecule has 1 amide bonds. The van der Waals surface area contributed by atoms with E-state index < -0.39 is 5.97 Å². The van der Waals surface area contributed by atoms with Crippen LogP contribution in [0.4, 0.5) is 0 Å². The molecule has 0 atom stereocenters. The number of hydrogen-bond acceptors (Lipinski definition) is 4. The van der Waals surface area contributed by atoms with E-state index in [1.165, 1.54) is 10.9 Å². The molecule has 7 nitrogen and oxygen atoms in total. The fourth-order valence-electron chi connectivity index (χ4n) is 1.69. The summed E-state index contributed by atoms with van der Waals surface area (Å²) in [6.45, 7) is 0.373. The zero-order chi connectivity index (χ0) is 14.4. The second kappa shape index (κ2) is 6.46. The molecule has 1 aromatic heterocycles. The highest BCUT2D eigenvalue weighted by Crippen LogP contribution is 1.99. The first-order valence-corrected chi connectivity index (χ1v) is 6.05. The molecule has 2 N–H and O–H groups in total. The summed E-state index contributed by atoms with van der Waals surface area (Å²) in [4.78, 5) is 22.4. The van der Waals surface area contributed by atoms with Crippen LogP contribution in [0.3, 0.4) is 0 Å². The van der Waals surface area contributed by atoms with Gasteiger partial charge < -0.3 is 10.4 Å². The van der Waals surface area contributed by atoms with Gasteiger partial charge in [0.1, 0.15) is 6.54 Å². The van der Waals surface area contributed by atoms with E-state index in [1.807, 2.05) is 30.3 Å². The van der Waals surface area contributed by atoms with E-state index in [9.17, 15) is 9.59 Å². The molecule has 0 aliphatic heterocycles. The summed E-state index contributed by atoms with van der Waals surface area (Å²) in [5.41, 5.74) is 1.39. The van der Waals surface area contributed by atoms with Crippen molar-refractivity contribution in [2.75, 3.05) is 0 Å². The van der Waals surface area contributed by atoms with Crippen LogP contribution in [0.2, 0.25) is 0 Å². The van der Waals surface area contributed by atoms with Crippen LogP contribution in [0.1, 0.15) is 11.3 Å². The highest BCUT2D eigenvalue weighted by molar-refractivity contribution is 5.76. The van der Waals surface area contributed by atoms with Gasteiger partial charge in [0.2, 0.25) is 5.91 Å². The molecule has 7 heteroatoms. The van der Waals surface area contributed by atoms with Gasteiger partial charge in [-0.15, -0.1) is 5.10 Å². The fourth-order valence-corrected chi connectivity index (χ4v) is 1.69. The van der Waals surface area contributed by atoms with E-state index in [2.05, 4.69) is 15.6 Å². The van der Waals surface area contributed by atoms with E-state index in [-0.39, 0.29) is 18.9 Å². The Morgan fingerprint density at radius 2 is 2.00 bits per heavy atom. The lowest BCUT2D eigenvalue weighted by molar-refractivity contribution is -0.136. The number of carboxylic acids is 1. The second-order valence-electron chi connectivity index (χ2n) is 4.22. The Morgan fingerprint density at radius 1 is 1.25 bits per heavy atom. The summed E-state index contributed by atoms with van der Waals surface area (Å²) in [6, 6.07) is 9.50. The Bertz CT molecular complexity index is 595. The van der Waals surface area contributed by atoms with Gasteiger partial charge in [-0.1, -0.05) is 35.5 Å². The number of carbonyl (C=O) groups is 2. The monoisotopic (exact) mass is 274 g/mol. The van der Waals surface area contributed by atoms with Gasteiger partial charge in [0.25, 0.3) is 0 Å². The topological polar surface area (TPSA) is 97.1 Å². The Morgan fingerprint density at radius 3 is 2.70 bits per heavy atom. The number of benzene rings is 1. The Labute approximate surface area is 115 Å². The minimum Gasteiger partial charge on any atom is -0.481 e. The highest BCUT2D eigenvalue weighted by atomic mass is 16.4. The van der Waals surface area contributed by atoms with Gasteiger partial charge in [-0.25, -0.2) is 4.68 Å². The average Bonchev–Trinajstić information content (AvgIpc) is 2.84. The molecule has 1 heterocycles. The lowest BCUT2D eigenvalue weighted by Crippen LogP contribution is -2.28. The maximum atomic E-state index is 11.8. The summed E-state index contributed by atoms with van der Waals surface area (Å²) >= 11 is 0. The minimum absolute atomic E-state index is 0.0462. The van der Waals surface area contributed by atoms with E-state index in [0.717, 1.165) is 5.56 Å². The smallest absolute Gasteiger partial charge is 0.309 e. The van der Waals surface area contributed by atoms with Crippen molar-refractivity contribution in [3.63, 3.8) is 0 Å². The summed E-state index contributed by atoms with van der Waals surface area (Å²) in [5.74, 6) is -1.23. The lowest BCUT2D eigenvalue weighted by Gasteiger charge is -2.06. The van der Waals surface area contributed by atoms with E-state index in [4.69, 9.17) is 5.11 Å². The molecule has 0 fully saturated rings. The Hall–Kier alpha value is -2.70. The molecule has 0 saturated heterocycles. The first kappa shape index (κ1) is 13.7. The van der Waals surface area contributed by atoms with Gasteiger partial charge in [0.05, 0.1) is 18.3 Å². The van der Waals surface area contributed by atoms with E-state index >= 15 is 0 Å². The predicted molar refractivity (Wildman–Crippen MR) is 69.7 cm³/mol. The van der Waals surface area contributed by atoms with E-state index in [0.29, 0.717) is 12.2 Å². The van der Waals surface area contributed by atoms with Gasteiger partial charge in [-0.3, -0.25) is 9.59 Å². The molecular formula is C13H14N4O3. The van der Waals surface area contributed by atoms with Gasteiger partial charge in [-0.2, -0.15) is 0 Å². The zero-order valence-corrected chi connectivity index (χ0v) is 10.7. The maximum absolute atomic E-state index is 11.8. The Kier molecular flexibility index (Phi) is 4.43. The van der Waals surface area contributed by atoms with Gasteiger partial charge in [-0.05, 0) is 5.56 Å². The van der Waals surface area contributed by atoms with Crippen molar-refractivity contribution in [2.24, 2.45) is 0 Å². The van der Waals surface area contributed by atoms with Crippen LogP contribution in [-0.2, 0) is 29.1 Å². The number of aliphatic carboxylic acids is 1. The molecule has 0 aliphatic carbocycles. The molecule has 104 valence electrons. The quantitative estimate of drug-likeness (QED) is 0.785. The average molecular weight is 274 g/mol. The third-order valence-electron chi connectivity index (χ3n) is 2.66. The van der Waals surface area contributed by atoms with Crippen molar-refractivity contribution in [3.05, 3.63) is 47.8 Å². The van der Waals surface area contributed by atoms with Crippen LogP contribution >= 0.6 is 0 Å². The van der Waals surface area contributed by atoms with Crippen molar-refractivity contribution < 1.29 is 14.7 Å². The molecule has 0 unspecified atom stereocenters. The maximum Gasteiger partial charge on any atom is 0.309 e. The van der Waals surface area contributed by atoms with Crippen molar-refractivity contribution >= 4 is 11.9 Å². The molecule has 0 radical (unpaired) electrons. The minimum atomic E-state index is -0.988. The second-order valence-corrected chi connectivity index (χ2v) is 4.22. The Balaban J connectivity index is 1.88. The van der Waals surface area contributed by atoms with Crippen LogP contribution < -0.4 is 5.32 Å². The molecule has 2 aromatic rings. The molecule has 0 aliphatic rings. The normalized spacial score (nSPS) is 10.2. The molecule has 2 rings (SSSR count). The summed E-state index contributed by atoms with van der Waals surface area (Å²) in [6.07, 6.45) is 1.14. The van der Waals surface area contributed by atoms with Crippen LogP contribution in [0.5, 0.6) is 0 Å². The molecule has 20 heavy (non-hydrogen) atoms. The standard InChI is InChI=1S/C13H14N4O3/c18-12(14-7-10-4-2-1-3-5-10)9-17-11(6-13(19)20)8-15-16-17/h1-5,8H,6-7,9H2,(H,14,18)(H,19,20). The summed E-state index contributed by atoms with van der Waals surface area (Å²) in [5, 5.41) is 18.8. The van der Waals surface area contributed by atoms with Gasteiger partial charge in [0, 0.05) is 6.54 Å². The lowest BCUT2D eigenvalue weighted by atomic mass is 10.2. The van der Waals surface area contributed by atoms with Crippen molar-refractivity contribution in [2.45, 2.75) is 19.5 Å². The third kappa shape index (κ3) is 3.91. The van der Waals surface area contributed by atoms with Crippen molar-refractivity contribution in [1.82, 2.24) is 20.3 Å². The molecule has 0 saturated carbocycles. The van der Waals surface area contributed by atoms with Crippen LogP contribution in [0.15, 0.2) is 36.5 Å². The van der Waals surface area contributed by atoms with Crippen LogP contribution in [0.25, 0.3) is 0 Å². The number of hydrogen-bond donors (Lipinski definition) is 2. The summed E-state index contributed by atoms with van der Waals surface area (Å²) < 4.78 is 1.29. The van der Waals surface area contributed by atoms with Crippen LogP contribution in [-0.4, -0.2) is 32.0 Å². The fraction of sp³-hybridized carbons (Fsp3) is 0.231. The SMILES string of the molecule is O=C(O)Cc1cnnn1CC(=O)NCc1ccccc1. The number of nitrogens with zero attached hydrogens (tertiary/aromatic N) is 3. The molecule has 0 spiro atoms.